The molecule has 0 unspecified atom stereocenters. The summed E-state index contributed by atoms with van der Waals surface area (Å²) < 4.78 is 3.54. The summed E-state index contributed by atoms with van der Waals surface area (Å²) >= 11 is 5.92. The topological polar surface area (TPSA) is 115 Å². The molecule has 3 fully saturated rings. The van der Waals surface area contributed by atoms with Crippen LogP contribution in [0.15, 0.2) is 41.5 Å². The van der Waals surface area contributed by atoms with Crippen molar-refractivity contribution in [3.05, 3.63) is 80.4 Å². The molecule has 190 valence electrons. The first-order chi connectivity index (χ1) is 17.5. The van der Waals surface area contributed by atoms with Gasteiger partial charge in [-0.2, -0.15) is 5.10 Å². The van der Waals surface area contributed by atoms with E-state index < -0.39 is 5.97 Å². The van der Waals surface area contributed by atoms with Gasteiger partial charge in [0, 0.05) is 36.7 Å². The van der Waals surface area contributed by atoms with E-state index in [9.17, 15) is 14.7 Å². The van der Waals surface area contributed by atoms with E-state index in [1.54, 1.807) is 16.7 Å². The molecule has 4 aromatic rings. The SMILES string of the molecule is Cc1cc([C@@H](C)Nc2ccc(Cl)nc2C(=O)O)c2nc(C34CC(c5cnn(C)c5)(C3)C4)n(C)c(=O)c2c1. The van der Waals surface area contributed by atoms with E-state index in [1.807, 2.05) is 51.0 Å². The van der Waals surface area contributed by atoms with E-state index >= 15 is 0 Å². The van der Waals surface area contributed by atoms with Gasteiger partial charge < -0.3 is 10.4 Å². The first-order valence-corrected chi connectivity index (χ1v) is 12.6. The molecule has 37 heavy (non-hydrogen) atoms. The minimum atomic E-state index is -1.17. The van der Waals surface area contributed by atoms with Crippen molar-refractivity contribution in [2.45, 2.75) is 50.0 Å². The van der Waals surface area contributed by atoms with Crippen molar-refractivity contribution in [1.29, 1.82) is 0 Å². The van der Waals surface area contributed by atoms with Crippen molar-refractivity contribution in [1.82, 2.24) is 24.3 Å². The minimum absolute atomic E-state index is 0.0725. The number of carboxylic acid groups (broad SMARTS) is 1. The lowest BCUT2D eigenvalue weighted by atomic mass is 9.33. The second-order valence-corrected chi connectivity index (χ2v) is 11.1. The lowest BCUT2D eigenvalue weighted by molar-refractivity contribution is -0.0777. The number of aryl methyl sites for hydroxylation is 2. The zero-order chi connectivity index (χ0) is 26.3. The fraction of sp³-hybridized carbons (Fsp3) is 0.370. The molecule has 7 rings (SSSR count). The molecule has 0 radical (unpaired) electrons. The average molecular weight is 519 g/mol. The molecule has 1 aromatic carbocycles. The van der Waals surface area contributed by atoms with Crippen molar-refractivity contribution < 1.29 is 9.90 Å². The molecule has 1 atom stereocenters. The molecule has 0 aliphatic heterocycles. The third-order valence-corrected chi connectivity index (χ3v) is 8.29. The smallest absolute Gasteiger partial charge is 0.356 e. The molecule has 0 saturated heterocycles. The Morgan fingerprint density at radius 3 is 2.54 bits per heavy atom. The van der Waals surface area contributed by atoms with Crippen molar-refractivity contribution in [3.63, 3.8) is 0 Å². The first-order valence-electron chi connectivity index (χ1n) is 12.2. The van der Waals surface area contributed by atoms with E-state index in [4.69, 9.17) is 16.6 Å². The van der Waals surface area contributed by atoms with Crippen LogP contribution < -0.4 is 10.9 Å². The quantitative estimate of drug-likeness (QED) is 0.366. The number of fused-ring (bicyclic) bond motifs is 1. The minimum Gasteiger partial charge on any atom is -0.476 e. The predicted octanol–water partition coefficient (Wildman–Crippen LogP) is 4.27. The number of carbonyl (C=O) groups is 1. The molecule has 0 spiro atoms. The molecule has 3 aliphatic rings. The Morgan fingerprint density at radius 1 is 1.16 bits per heavy atom. The molecule has 10 heteroatoms. The Hall–Kier alpha value is -3.72. The Labute approximate surface area is 218 Å². The summed E-state index contributed by atoms with van der Waals surface area (Å²) in [4.78, 5) is 34.4. The van der Waals surface area contributed by atoms with Crippen LogP contribution in [0.4, 0.5) is 5.69 Å². The second-order valence-electron chi connectivity index (χ2n) is 10.7. The lowest BCUT2D eigenvalue weighted by Gasteiger charge is -2.70. The van der Waals surface area contributed by atoms with E-state index in [-0.39, 0.29) is 33.3 Å². The first kappa shape index (κ1) is 23.7. The number of pyridine rings is 1. The zero-order valence-corrected chi connectivity index (χ0v) is 21.8. The third-order valence-electron chi connectivity index (χ3n) is 8.08. The maximum atomic E-state index is 13.6. The highest BCUT2D eigenvalue weighted by atomic mass is 35.5. The average Bonchev–Trinajstić information content (AvgIpc) is 3.22. The number of nitrogens with zero attached hydrogens (tertiary/aromatic N) is 5. The van der Waals surface area contributed by atoms with E-state index in [0.29, 0.717) is 16.6 Å². The Kier molecular flexibility index (Phi) is 5.04. The van der Waals surface area contributed by atoms with Gasteiger partial charge in [-0.3, -0.25) is 14.0 Å². The van der Waals surface area contributed by atoms with Crippen LogP contribution in [0.3, 0.4) is 0 Å². The van der Waals surface area contributed by atoms with Crippen LogP contribution in [-0.4, -0.2) is 35.4 Å². The number of halogens is 1. The van der Waals surface area contributed by atoms with Crippen LogP contribution in [-0.2, 0) is 24.9 Å². The van der Waals surface area contributed by atoms with Crippen LogP contribution in [0.1, 0.15) is 65.2 Å². The van der Waals surface area contributed by atoms with Crippen LogP contribution in [0.25, 0.3) is 10.9 Å². The van der Waals surface area contributed by atoms with E-state index in [2.05, 4.69) is 21.6 Å². The van der Waals surface area contributed by atoms with Gasteiger partial charge in [0.25, 0.3) is 5.56 Å². The number of anilines is 1. The summed E-state index contributed by atoms with van der Waals surface area (Å²) in [5, 5.41) is 17.9. The molecular weight excluding hydrogens is 492 g/mol. The van der Waals surface area contributed by atoms with Crippen LogP contribution in [0.5, 0.6) is 0 Å². The Morgan fingerprint density at radius 2 is 1.89 bits per heavy atom. The van der Waals surface area contributed by atoms with E-state index in [0.717, 1.165) is 36.2 Å². The van der Waals surface area contributed by atoms with Gasteiger partial charge in [-0.25, -0.2) is 14.8 Å². The zero-order valence-electron chi connectivity index (χ0n) is 21.0. The summed E-state index contributed by atoms with van der Waals surface area (Å²) in [6.45, 7) is 3.86. The van der Waals surface area contributed by atoms with Gasteiger partial charge in [0.1, 0.15) is 11.0 Å². The fourth-order valence-corrected chi connectivity index (χ4v) is 6.56. The van der Waals surface area contributed by atoms with Gasteiger partial charge in [0.2, 0.25) is 0 Å². The Balaban J connectivity index is 1.40. The summed E-state index contributed by atoms with van der Waals surface area (Å²) in [5.41, 5.74) is 3.78. The van der Waals surface area contributed by atoms with Crippen molar-refractivity contribution in [2.75, 3.05) is 5.32 Å². The fourth-order valence-electron chi connectivity index (χ4n) is 6.41. The number of carboxylic acids is 1. The molecule has 9 nitrogen and oxygen atoms in total. The number of aromatic nitrogens is 5. The summed E-state index contributed by atoms with van der Waals surface area (Å²) in [6.07, 6.45) is 6.88. The van der Waals surface area contributed by atoms with Crippen LogP contribution in [0, 0.1) is 6.92 Å². The van der Waals surface area contributed by atoms with Gasteiger partial charge >= 0.3 is 5.97 Å². The van der Waals surface area contributed by atoms with E-state index in [1.165, 1.54) is 5.56 Å². The second kappa shape index (κ2) is 7.89. The molecule has 3 aromatic heterocycles. The van der Waals surface area contributed by atoms with Gasteiger partial charge in [-0.1, -0.05) is 17.7 Å². The highest BCUT2D eigenvalue weighted by molar-refractivity contribution is 6.29. The Bertz CT molecular complexity index is 1650. The van der Waals surface area contributed by atoms with Gasteiger partial charge in [0.05, 0.1) is 28.8 Å². The van der Waals surface area contributed by atoms with Crippen LogP contribution >= 0.6 is 11.6 Å². The summed E-state index contributed by atoms with van der Waals surface area (Å²) in [6, 6.07) is 6.68. The highest BCUT2D eigenvalue weighted by Crippen LogP contribution is 2.73. The highest BCUT2D eigenvalue weighted by Gasteiger charge is 2.70. The summed E-state index contributed by atoms with van der Waals surface area (Å²) in [5.74, 6) is -0.362. The summed E-state index contributed by atoms with van der Waals surface area (Å²) in [7, 11) is 3.74. The molecule has 3 aliphatic carbocycles. The number of nitrogens with one attached hydrogen (secondary N) is 1. The maximum absolute atomic E-state index is 13.6. The van der Waals surface area contributed by atoms with Crippen molar-refractivity contribution >= 4 is 34.2 Å². The molecule has 3 saturated carbocycles. The predicted molar refractivity (Wildman–Crippen MR) is 140 cm³/mol. The van der Waals surface area contributed by atoms with Gasteiger partial charge in [0.15, 0.2) is 5.69 Å². The van der Waals surface area contributed by atoms with Crippen molar-refractivity contribution in [3.8, 4) is 0 Å². The number of hydrogen-bond donors (Lipinski definition) is 2. The molecule has 0 amide bonds. The number of hydrogen-bond acceptors (Lipinski definition) is 6. The third kappa shape index (κ3) is 3.48. The molecule has 2 N–H and O–H groups in total. The largest absolute Gasteiger partial charge is 0.476 e. The van der Waals surface area contributed by atoms with Crippen molar-refractivity contribution in [2.24, 2.45) is 14.1 Å². The number of aromatic carboxylic acids is 1. The molecular formula is C27H27ClN6O3. The maximum Gasteiger partial charge on any atom is 0.356 e. The normalized spacial score (nSPS) is 22.8. The van der Waals surface area contributed by atoms with Gasteiger partial charge in [-0.05, 0) is 62.4 Å². The van der Waals surface area contributed by atoms with Gasteiger partial charge in [-0.15, -0.1) is 0 Å². The monoisotopic (exact) mass is 518 g/mol. The standard InChI is InChI=1S/C27H27ClN6O3/c1-14-7-17(15(2)30-19-5-6-20(28)31-22(19)24(36)37)21-18(8-14)23(35)34(4)25(32-21)27-11-26(12-27,13-27)16-9-29-33(3)10-16/h5-10,15,30H,11-13H2,1-4H3,(H,36,37)/t15-,26?,27?/m1/s1. The number of benzene rings is 1. The molecule has 3 heterocycles. The lowest BCUT2D eigenvalue weighted by Crippen LogP contribution is -2.68. The van der Waals surface area contributed by atoms with Crippen LogP contribution in [0.2, 0.25) is 5.15 Å². The number of rotatable bonds is 6. The molecule has 2 bridgehead atoms.